The summed E-state index contributed by atoms with van der Waals surface area (Å²) >= 11 is 5.21. The Labute approximate surface area is 71.2 Å². The number of halogens is 2. The molecule has 0 rings (SSSR count). The SMILES string of the molecule is Cl.O=S(=O)(O)NCCCCl. The standard InChI is InChI=1S/C3H8ClNO3S.ClH/c4-2-1-3-5-9(6,7)8;/h5H,1-3H2,(H,6,7,8);1H. The van der Waals surface area contributed by atoms with Crippen molar-refractivity contribution in [3.63, 3.8) is 0 Å². The summed E-state index contributed by atoms with van der Waals surface area (Å²) in [7, 11) is -4.01. The van der Waals surface area contributed by atoms with Crippen LogP contribution in [0, 0.1) is 0 Å². The van der Waals surface area contributed by atoms with Gasteiger partial charge in [-0.3, -0.25) is 4.55 Å². The number of hydrogen-bond acceptors (Lipinski definition) is 2. The van der Waals surface area contributed by atoms with E-state index in [0.29, 0.717) is 12.3 Å². The topological polar surface area (TPSA) is 66.4 Å². The second-order valence-corrected chi connectivity index (χ2v) is 3.03. The molecule has 0 spiro atoms. The molecule has 0 unspecified atom stereocenters. The number of hydrogen-bond donors (Lipinski definition) is 2. The first kappa shape index (κ1) is 13.1. The van der Waals surface area contributed by atoms with Gasteiger partial charge in [0, 0.05) is 12.4 Å². The molecule has 0 heterocycles. The average Bonchev–Trinajstić information content (AvgIpc) is 1.63. The van der Waals surface area contributed by atoms with E-state index in [-0.39, 0.29) is 19.0 Å². The molecule has 10 heavy (non-hydrogen) atoms. The van der Waals surface area contributed by atoms with Crippen LogP contribution in [0.4, 0.5) is 0 Å². The zero-order valence-electron chi connectivity index (χ0n) is 5.08. The summed E-state index contributed by atoms with van der Waals surface area (Å²) in [5.74, 6) is 0.377. The van der Waals surface area contributed by atoms with Gasteiger partial charge in [-0.15, -0.1) is 24.0 Å². The first-order valence-corrected chi connectivity index (χ1v) is 4.32. The van der Waals surface area contributed by atoms with Crippen molar-refractivity contribution < 1.29 is 13.0 Å². The molecule has 0 aromatic carbocycles. The average molecular weight is 210 g/mol. The summed E-state index contributed by atoms with van der Waals surface area (Å²) in [5.41, 5.74) is 0. The lowest BCUT2D eigenvalue weighted by Gasteiger charge is -1.95. The molecule has 4 nitrogen and oxygen atoms in total. The lowest BCUT2D eigenvalue weighted by atomic mass is 10.5. The second-order valence-electron chi connectivity index (χ2n) is 1.41. The fourth-order valence-corrected chi connectivity index (χ4v) is 0.804. The quantitative estimate of drug-likeness (QED) is 0.401. The van der Waals surface area contributed by atoms with Crippen molar-refractivity contribution in [2.75, 3.05) is 12.4 Å². The van der Waals surface area contributed by atoms with Crippen molar-refractivity contribution in [2.45, 2.75) is 6.42 Å². The summed E-state index contributed by atoms with van der Waals surface area (Å²) in [4.78, 5) is 0. The van der Waals surface area contributed by atoms with Gasteiger partial charge >= 0.3 is 10.3 Å². The monoisotopic (exact) mass is 209 g/mol. The normalized spacial score (nSPS) is 10.6. The molecule has 0 bridgehead atoms. The van der Waals surface area contributed by atoms with Gasteiger partial charge in [-0.1, -0.05) is 0 Å². The summed E-state index contributed by atoms with van der Waals surface area (Å²) in [6.07, 6.45) is 0.515. The first-order valence-electron chi connectivity index (χ1n) is 2.34. The van der Waals surface area contributed by atoms with Gasteiger partial charge < -0.3 is 0 Å². The fraction of sp³-hybridized carbons (Fsp3) is 1.00. The van der Waals surface area contributed by atoms with E-state index in [4.69, 9.17) is 16.2 Å². The summed E-state index contributed by atoms with van der Waals surface area (Å²) < 4.78 is 29.7. The molecule has 0 radical (unpaired) electrons. The molecule has 0 aliphatic carbocycles. The summed E-state index contributed by atoms with van der Waals surface area (Å²) in [5, 5.41) is 0. The third-order valence-electron chi connectivity index (χ3n) is 0.595. The molecule has 0 aromatic heterocycles. The third-order valence-corrected chi connectivity index (χ3v) is 1.43. The van der Waals surface area contributed by atoms with Gasteiger partial charge in [-0.25, -0.2) is 0 Å². The molecular weight excluding hydrogens is 201 g/mol. The van der Waals surface area contributed by atoms with Gasteiger partial charge in [0.15, 0.2) is 0 Å². The van der Waals surface area contributed by atoms with Crippen LogP contribution >= 0.6 is 24.0 Å². The van der Waals surface area contributed by atoms with Crippen LogP contribution in [-0.4, -0.2) is 25.4 Å². The van der Waals surface area contributed by atoms with Crippen LogP contribution < -0.4 is 4.72 Å². The van der Waals surface area contributed by atoms with E-state index in [9.17, 15) is 8.42 Å². The molecule has 7 heteroatoms. The molecule has 0 aliphatic rings. The van der Waals surface area contributed by atoms with Crippen molar-refractivity contribution >= 4 is 34.3 Å². The molecule has 0 fully saturated rings. The molecule has 64 valence electrons. The molecule has 0 saturated carbocycles. The second kappa shape index (κ2) is 6.18. The van der Waals surface area contributed by atoms with Gasteiger partial charge in [0.2, 0.25) is 0 Å². The van der Waals surface area contributed by atoms with E-state index in [2.05, 4.69) is 0 Å². The van der Waals surface area contributed by atoms with Crippen LogP contribution in [-0.2, 0) is 10.3 Å². The van der Waals surface area contributed by atoms with Crippen molar-refractivity contribution in [2.24, 2.45) is 0 Å². The van der Waals surface area contributed by atoms with Gasteiger partial charge in [0.1, 0.15) is 0 Å². The van der Waals surface area contributed by atoms with E-state index in [1.54, 1.807) is 0 Å². The van der Waals surface area contributed by atoms with Crippen LogP contribution in [0.1, 0.15) is 6.42 Å². The maximum Gasteiger partial charge on any atom is 0.333 e. The minimum atomic E-state index is -4.01. The highest BCUT2D eigenvalue weighted by molar-refractivity contribution is 7.83. The zero-order chi connectivity index (χ0) is 7.33. The highest BCUT2D eigenvalue weighted by Crippen LogP contribution is 1.82. The van der Waals surface area contributed by atoms with Gasteiger partial charge in [-0.2, -0.15) is 13.1 Å². The van der Waals surface area contributed by atoms with Crippen LogP contribution in [0.25, 0.3) is 0 Å². The van der Waals surface area contributed by atoms with E-state index in [0.717, 1.165) is 0 Å². The predicted octanol–water partition coefficient (Wildman–Crippen LogP) is 0.429. The van der Waals surface area contributed by atoms with Crippen LogP contribution in [0.3, 0.4) is 0 Å². The molecule has 0 aromatic rings. The van der Waals surface area contributed by atoms with Gasteiger partial charge in [-0.05, 0) is 6.42 Å². The zero-order valence-corrected chi connectivity index (χ0v) is 7.47. The predicted molar refractivity (Wildman–Crippen MR) is 42.1 cm³/mol. The van der Waals surface area contributed by atoms with Crippen LogP contribution in [0.5, 0.6) is 0 Å². The molecule has 0 atom stereocenters. The Kier molecular flexibility index (Phi) is 8.08. The molecule has 0 aliphatic heterocycles. The Bertz CT molecular complexity index is 157. The maximum absolute atomic E-state index is 9.91. The number of nitrogens with one attached hydrogen (secondary N) is 1. The van der Waals surface area contributed by atoms with Crippen molar-refractivity contribution in [3.8, 4) is 0 Å². The fourth-order valence-electron chi connectivity index (χ4n) is 0.268. The largest absolute Gasteiger partial charge is 0.333 e. The number of rotatable bonds is 4. The van der Waals surface area contributed by atoms with E-state index in [1.807, 2.05) is 4.72 Å². The van der Waals surface area contributed by atoms with Crippen molar-refractivity contribution in [1.82, 2.24) is 4.72 Å². The summed E-state index contributed by atoms with van der Waals surface area (Å²) in [6, 6.07) is 0. The first-order chi connectivity index (χ1) is 4.06. The van der Waals surface area contributed by atoms with Crippen LogP contribution in [0.2, 0.25) is 0 Å². The lowest BCUT2D eigenvalue weighted by molar-refractivity contribution is 0.467. The highest BCUT2D eigenvalue weighted by atomic mass is 35.5. The molecular formula is C3H9Cl2NO3S. The van der Waals surface area contributed by atoms with Crippen molar-refractivity contribution in [1.29, 1.82) is 0 Å². The number of alkyl halides is 1. The Morgan fingerprint density at radius 2 is 2.00 bits per heavy atom. The lowest BCUT2D eigenvalue weighted by Crippen LogP contribution is -2.23. The Balaban J connectivity index is 0. The third kappa shape index (κ3) is 11.3. The van der Waals surface area contributed by atoms with Gasteiger partial charge in [0.05, 0.1) is 0 Å². The molecule has 0 saturated heterocycles. The Hall–Kier alpha value is 0.450. The van der Waals surface area contributed by atoms with Crippen LogP contribution in [0.15, 0.2) is 0 Å². The Morgan fingerprint density at radius 1 is 1.50 bits per heavy atom. The minimum absolute atomic E-state index is 0. The highest BCUT2D eigenvalue weighted by Gasteiger charge is 1.98. The molecule has 0 amide bonds. The van der Waals surface area contributed by atoms with E-state index >= 15 is 0 Å². The smallest absolute Gasteiger partial charge is 0.273 e. The maximum atomic E-state index is 9.91. The summed E-state index contributed by atoms with van der Waals surface area (Å²) in [6.45, 7) is 0.183. The van der Waals surface area contributed by atoms with Gasteiger partial charge in [0.25, 0.3) is 0 Å². The van der Waals surface area contributed by atoms with E-state index in [1.165, 1.54) is 0 Å². The Morgan fingerprint density at radius 3 is 2.30 bits per heavy atom. The van der Waals surface area contributed by atoms with E-state index < -0.39 is 10.3 Å². The van der Waals surface area contributed by atoms with Crippen molar-refractivity contribution in [3.05, 3.63) is 0 Å². The molecule has 2 N–H and O–H groups in total. The minimum Gasteiger partial charge on any atom is -0.273 e.